The van der Waals surface area contributed by atoms with Crippen molar-refractivity contribution in [2.45, 2.75) is 39.3 Å². The van der Waals surface area contributed by atoms with Crippen LogP contribution in [0, 0.1) is 5.92 Å². The molecule has 0 amide bonds. The van der Waals surface area contributed by atoms with Crippen LogP contribution in [0.15, 0.2) is 30.3 Å². The highest BCUT2D eigenvalue weighted by Gasteiger charge is 2.29. The maximum atomic E-state index is 11.3. The molecule has 1 aromatic carbocycles. The van der Waals surface area contributed by atoms with Crippen LogP contribution in [0.2, 0.25) is 0 Å². The zero-order chi connectivity index (χ0) is 13.7. The number of rotatable bonds is 6. The standard InChI is InChI=1S/C15H23NO2/c1-5-13(15(17)18)16(4)14(11(2)3)12-9-7-6-8-10-12/h6-11,13-14H,5H2,1-4H3,(H,17,18). The van der Waals surface area contributed by atoms with E-state index in [0.717, 1.165) is 0 Å². The number of benzene rings is 1. The Balaban J connectivity index is 3.02. The van der Waals surface area contributed by atoms with Gasteiger partial charge >= 0.3 is 5.97 Å². The Labute approximate surface area is 109 Å². The molecule has 2 atom stereocenters. The van der Waals surface area contributed by atoms with Gasteiger partial charge in [0.15, 0.2) is 0 Å². The first-order valence-corrected chi connectivity index (χ1v) is 6.48. The molecule has 100 valence electrons. The molecule has 1 N–H and O–H groups in total. The molecule has 0 spiro atoms. The molecule has 0 aliphatic heterocycles. The molecule has 0 fully saturated rings. The van der Waals surface area contributed by atoms with Crippen molar-refractivity contribution in [2.75, 3.05) is 7.05 Å². The van der Waals surface area contributed by atoms with Gasteiger partial charge in [-0.05, 0) is 24.9 Å². The molecular weight excluding hydrogens is 226 g/mol. The quantitative estimate of drug-likeness (QED) is 0.841. The summed E-state index contributed by atoms with van der Waals surface area (Å²) in [6.45, 7) is 6.17. The molecule has 0 bridgehead atoms. The molecule has 0 saturated heterocycles. The molecule has 0 aromatic heterocycles. The number of nitrogens with zero attached hydrogens (tertiary/aromatic N) is 1. The smallest absolute Gasteiger partial charge is 0.320 e. The van der Waals surface area contributed by atoms with Crippen LogP contribution in [-0.2, 0) is 4.79 Å². The zero-order valence-corrected chi connectivity index (χ0v) is 11.6. The summed E-state index contributed by atoms with van der Waals surface area (Å²) in [6.07, 6.45) is 0.613. The third kappa shape index (κ3) is 3.33. The lowest BCUT2D eigenvalue weighted by atomic mass is 9.93. The van der Waals surface area contributed by atoms with E-state index >= 15 is 0 Å². The molecule has 1 aromatic rings. The van der Waals surface area contributed by atoms with Crippen molar-refractivity contribution < 1.29 is 9.90 Å². The van der Waals surface area contributed by atoms with Gasteiger partial charge in [0.1, 0.15) is 6.04 Å². The highest BCUT2D eigenvalue weighted by Crippen LogP contribution is 2.29. The van der Waals surface area contributed by atoms with Gasteiger partial charge in [0.25, 0.3) is 0 Å². The summed E-state index contributed by atoms with van der Waals surface area (Å²) in [5, 5.41) is 9.28. The fourth-order valence-corrected chi connectivity index (χ4v) is 2.57. The number of aliphatic carboxylic acids is 1. The molecule has 0 heterocycles. The summed E-state index contributed by atoms with van der Waals surface area (Å²) in [5.74, 6) is -0.382. The lowest BCUT2D eigenvalue weighted by Gasteiger charge is -2.35. The highest BCUT2D eigenvalue weighted by atomic mass is 16.4. The van der Waals surface area contributed by atoms with Crippen LogP contribution in [-0.4, -0.2) is 29.1 Å². The van der Waals surface area contributed by atoms with Crippen molar-refractivity contribution in [1.29, 1.82) is 0 Å². The van der Waals surface area contributed by atoms with Gasteiger partial charge in [-0.15, -0.1) is 0 Å². The van der Waals surface area contributed by atoms with Crippen LogP contribution in [0.25, 0.3) is 0 Å². The van der Waals surface area contributed by atoms with Gasteiger partial charge in [-0.25, -0.2) is 0 Å². The molecule has 0 saturated carbocycles. The fourth-order valence-electron chi connectivity index (χ4n) is 2.57. The van der Waals surface area contributed by atoms with Gasteiger partial charge in [-0.2, -0.15) is 0 Å². The lowest BCUT2D eigenvalue weighted by molar-refractivity contribution is -0.144. The van der Waals surface area contributed by atoms with Gasteiger partial charge in [-0.1, -0.05) is 51.1 Å². The summed E-state index contributed by atoms with van der Waals surface area (Å²) in [7, 11) is 1.90. The molecule has 0 aliphatic carbocycles. The van der Waals surface area contributed by atoms with Crippen molar-refractivity contribution in [2.24, 2.45) is 5.92 Å². The Morgan fingerprint density at radius 2 is 1.83 bits per heavy atom. The fraction of sp³-hybridized carbons (Fsp3) is 0.533. The van der Waals surface area contributed by atoms with Gasteiger partial charge < -0.3 is 5.11 Å². The predicted octanol–water partition coefficient (Wildman–Crippen LogP) is 3.18. The third-order valence-electron chi connectivity index (χ3n) is 3.37. The van der Waals surface area contributed by atoms with Crippen molar-refractivity contribution in [3.8, 4) is 0 Å². The molecule has 1 rings (SSSR count). The molecule has 0 aliphatic rings. The van der Waals surface area contributed by atoms with Crippen molar-refractivity contribution in [1.82, 2.24) is 4.90 Å². The van der Waals surface area contributed by atoms with Crippen LogP contribution in [0.5, 0.6) is 0 Å². The van der Waals surface area contributed by atoms with E-state index in [-0.39, 0.29) is 6.04 Å². The van der Waals surface area contributed by atoms with E-state index < -0.39 is 12.0 Å². The molecular formula is C15H23NO2. The zero-order valence-electron chi connectivity index (χ0n) is 11.6. The molecule has 0 radical (unpaired) electrons. The highest BCUT2D eigenvalue weighted by molar-refractivity contribution is 5.73. The predicted molar refractivity (Wildman–Crippen MR) is 73.5 cm³/mol. The van der Waals surface area contributed by atoms with Crippen LogP contribution in [0.4, 0.5) is 0 Å². The van der Waals surface area contributed by atoms with Crippen molar-refractivity contribution in [3.63, 3.8) is 0 Å². The molecule has 18 heavy (non-hydrogen) atoms. The minimum absolute atomic E-state index is 0.132. The van der Waals surface area contributed by atoms with Crippen LogP contribution in [0.1, 0.15) is 38.8 Å². The topological polar surface area (TPSA) is 40.5 Å². The first-order chi connectivity index (χ1) is 8.49. The average Bonchev–Trinajstić information content (AvgIpc) is 2.30. The summed E-state index contributed by atoms with van der Waals surface area (Å²) in [5.41, 5.74) is 1.18. The van der Waals surface area contributed by atoms with Gasteiger partial charge in [0, 0.05) is 6.04 Å². The number of hydrogen-bond acceptors (Lipinski definition) is 2. The Hall–Kier alpha value is -1.35. The lowest BCUT2D eigenvalue weighted by Crippen LogP contribution is -2.42. The van der Waals surface area contributed by atoms with E-state index in [4.69, 9.17) is 0 Å². The number of hydrogen-bond donors (Lipinski definition) is 1. The second-order valence-electron chi connectivity index (χ2n) is 5.03. The van der Waals surface area contributed by atoms with Crippen LogP contribution in [0.3, 0.4) is 0 Å². The second kappa shape index (κ2) is 6.55. The summed E-state index contributed by atoms with van der Waals surface area (Å²) in [6, 6.07) is 9.81. The SMILES string of the molecule is CCC(C(=O)O)N(C)C(c1ccccc1)C(C)C. The third-order valence-corrected chi connectivity index (χ3v) is 3.37. The second-order valence-corrected chi connectivity index (χ2v) is 5.03. The van der Waals surface area contributed by atoms with E-state index in [2.05, 4.69) is 26.0 Å². The van der Waals surface area contributed by atoms with E-state index in [1.807, 2.05) is 37.1 Å². The summed E-state index contributed by atoms with van der Waals surface area (Å²) < 4.78 is 0. The Bertz CT molecular complexity index is 375. The Kier molecular flexibility index (Phi) is 5.35. The monoisotopic (exact) mass is 249 g/mol. The van der Waals surface area contributed by atoms with Crippen LogP contribution >= 0.6 is 0 Å². The summed E-state index contributed by atoms with van der Waals surface area (Å²) >= 11 is 0. The van der Waals surface area contributed by atoms with Gasteiger partial charge in [0.2, 0.25) is 0 Å². The normalized spacial score (nSPS) is 14.8. The average molecular weight is 249 g/mol. The molecule has 3 heteroatoms. The van der Waals surface area contributed by atoms with E-state index in [9.17, 15) is 9.90 Å². The summed E-state index contributed by atoms with van der Waals surface area (Å²) in [4.78, 5) is 13.3. The van der Waals surface area contributed by atoms with Crippen molar-refractivity contribution >= 4 is 5.97 Å². The van der Waals surface area contributed by atoms with Gasteiger partial charge in [0.05, 0.1) is 0 Å². The van der Waals surface area contributed by atoms with E-state index in [0.29, 0.717) is 12.3 Å². The maximum Gasteiger partial charge on any atom is 0.320 e. The Morgan fingerprint density at radius 1 is 1.28 bits per heavy atom. The minimum atomic E-state index is -0.749. The largest absolute Gasteiger partial charge is 0.480 e. The van der Waals surface area contributed by atoms with E-state index in [1.54, 1.807) is 0 Å². The minimum Gasteiger partial charge on any atom is -0.480 e. The van der Waals surface area contributed by atoms with Gasteiger partial charge in [-0.3, -0.25) is 9.69 Å². The maximum absolute atomic E-state index is 11.3. The number of carboxylic acid groups (broad SMARTS) is 1. The number of likely N-dealkylation sites (N-methyl/N-ethyl adjacent to an activating group) is 1. The van der Waals surface area contributed by atoms with E-state index in [1.165, 1.54) is 5.56 Å². The molecule has 3 nitrogen and oxygen atoms in total. The molecule has 2 unspecified atom stereocenters. The Morgan fingerprint density at radius 3 is 2.22 bits per heavy atom. The number of carbonyl (C=O) groups is 1. The number of carboxylic acids is 1. The first-order valence-electron chi connectivity index (χ1n) is 6.48. The first kappa shape index (κ1) is 14.7. The van der Waals surface area contributed by atoms with Crippen LogP contribution < -0.4 is 0 Å². The van der Waals surface area contributed by atoms with Crippen molar-refractivity contribution in [3.05, 3.63) is 35.9 Å².